The lowest BCUT2D eigenvalue weighted by atomic mass is 9.88. The number of ether oxygens (including phenoxy) is 2. The van der Waals surface area contributed by atoms with Gasteiger partial charge < -0.3 is 19.9 Å². The SMILES string of the molecule is CCC(=O)N[C@H]1C[C@@H]2O[C@@H](CO)CC[C@@H]2O[C@@H]1CCc1ccc(C#CCc2ccccc2)cc1. The highest BCUT2D eigenvalue weighted by Gasteiger charge is 2.42. The summed E-state index contributed by atoms with van der Waals surface area (Å²) >= 11 is 0. The molecule has 5 heteroatoms. The monoisotopic (exact) mass is 461 g/mol. The first kappa shape index (κ1) is 24.5. The molecule has 2 fully saturated rings. The van der Waals surface area contributed by atoms with Gasteiger partial charge >= 0.3 is 0 Å². The van der Waals surface area contributed by atoms with E-state index in [2.05, 4.69) is 53.6 Å². The highest BCUT2D eigenvalue weighted by Crippen LogP contribution is 2.33. The molecule has 2 heterocycles. The van der Waals surface area contributed by atoms with Crippen LogP contribution in [-0.2, 0) is 27.1 Å². The summed E-state index contributed by atoms with van der Waals surface area (Å²) in [5.74, 6) is 6.53. The van der Waals surface area contributed by atoms with Gasteiger partial charge in [-0.1, -0.05) is 61.2 Å². The minimum atomic E-state index is -0.127. The molecule has 2 aliphatic rings. The number of fused-ring (bicyclic) bond motifs is 1. The average molecular weight is 462 g/mol. The van der Waals surface area contributed by atoms with Gasteiger partial charge in [0.1, 0.15) is 0 Å². The summed E-state index contributed by atoms with van der Waals surface area (Å²) < 4.78 is 12.5. The third kappa shape index (κ3) is 6.70. The first-order valence-corrected chi connectivity index (χ1v) is 12.5. The summed E-state index contributed by atoms with van der Waals surface area (Å²) in [6, 6.07) is 18.6. The van der Waals surface area contributed by atoms with Gasteiger partial charge in [0.15, 0.2) is 0 Å². The molecular formula is C29H35NO4. The molecule has 0 radical (unpaired) electrons. The maximum atomic E-state index is 12.1. The van der Waals surface area contributed by atoms with E-state index in [0.717, 1.165) is 44.1 Å². The second-order valence-corrected chi connectivity index (χ2v) is 9.23. The molecule has 0 aliphatic carbocycles. The fraction of sp³-hybridized carbons (Fsp3) is 0.483. The van der Waals surface area contributed by atoms with Crippen molar-refractivity contribution in [2.45, 2.75) is 82.3 Å². The van der Waals surface area contributed by atoms with Crippen LogP contribution in [0.4, 0.5) is 0 Å². The van der Waals surface area contributed by atoms with Crippen molar-refractivity contribution in [2.75, 3.05) is 6.61 Å². The molecule has 180 valence electrons. The predicted octanol–water partition coefficient (Wildman–Crippen LogP) is 3.81. The quantitative estimate of drug-likeness (QED) is 0.616. The number of amides is 1. The Kier molecular flexibility index (Phi) is 8.76. The number of benzene rings is 2. The second-order valence-electron chi connectivity index (χ2n) is 9.23. The normalized spacial score (nSPS) is 26.1. The van der Waals surface area contributed by atoms with Gasteiger partial charge in [-0.3, -0.25) is 4.79 Å². The largest absolute Gasteiger partial charge is 0.394 e. The highest BCUT2D eigenvalue weighted by atomic mass is 16.6. The van der Waals surface area contributed by atoms with E-state index in [4.69, 9.17) is 9.47 Å². The molecule has 2 aromatic carbocycles. The van der Waals surface area contributed by atoms with Crippen LogP contribution in [0.3, 0.4) is 0 Å². The third-order valence-corrected chi connectivity index (χ3v) is 6.75. The molecule has 4 rings (SSSR count). The zero-order valence-electron chi connectivity index (χ0n) is 19.9. The second kappa shape index (κ2) is 12.2. The molecule has 2 aromatic rings. The molecule has 1 amide bonds. The number of hydrogen-bond donors (Lipinski definition) is 2. The topological polar surface area (TPSA) is 67.8 Å². The minimum Gasteiger partial charge on any atom is -0.394 e. The minimum absolute atomic E-state index is 0.0323. The van der Waals surface area contributed by atoms with E-state index in [1.807, 2.05) is 25.1 Å². The van der Waals surface area contributed by atoms with E-state index >= 15 is 0 Å². The zero-order valence-corrected chi connectivity index (χ0v) is 19.9. The van der Waals surface area contributed by atoms with Gasteiger partial charge in [-0.05, 0) is 55.4 Å². The van der Waals surface area contributed by atoms with Crippen molar-refractivity contribution >= 4 is 5.91 Å². The number of aliphatic hydroxyl groups is 1. The molecule has 0 unspecified atom stereocenters. The van der Waals surface area contributed by atoms with E-state index < -0.39 is 0 Å². The van der Waals surface area contributed by atoms with E-state index in [1.54, 1.807) is 0 Å². The van der Waals surface area contributed by atoms with Crippen molar-refractivity contribution in [2.24, 2.45) is 0 Å². The molecular weight excluding hydrogens is 426 g/mol. The molecule has 0 aromatic heterocycles. The Labute approximate surface area is 202 Å². The van der Waals surface area contributed by atoms with Crippen LogP contribution in [0.1, 0.15) is 55.7 Å². The highest BCUT2D eigenvalue weighted by molar-refractivity contribution is 5.75. The van der Waals surface area contributed by atoms with E-state index in [0.29, 0.717) is 6.42 Å². The van der Waals surface area contributed by atoms with Crippen molar-refractivity contribution in [3.8, 4) is 11.8 Å². The van der Waals surface area contributed by atoms with E-state index in [9.17, 15) is 9.90 Å². The predicted molar refractivity (Wildman–Crippen MR) is 132 cm³/mol. The van der Waals surface area contributed by atoms with Crippen LogP contribution in [0, 0.1) is 11.8 Å². The zero-order chi connectivity index (χ0) is 23.8. The van der Waals surface area contributed by atoms with Crippen LogP contribution in [0.5, 0.6) is 0 Å². The van der Waals surface area contributed by atoms with Crippen LogP contribution in [0.2, 0.25) is 0 Å². The number of carbonyl (C=O) groups excluding carboxylic acids is 1. The van der Waals surface area contributed by atoms with Gasteiger partial charge in [0.2, 0.25) is 5.91 Å². The Bertz CT molecular complexity index is 979. The molecule has 5 atom stereocenters. The van der Waals surface area contributed by atoms with Crippen molar-refractivity contribution in [3.63, 3.8) is 0 Å². The first-order valence-electron chi connectivity index (χ1n) is 12.5. The van der Waals surface area contributed by atoms with Gasteiger partial charge in [-0.2, -0.15) is 0 Å². The molecule has 0 bridgehead atoms. The lowest BCUT2D eigenvalue weighted by molar-refractivity contribution is -0.202. The molecule has 2 saturated heterocycles. The summed E-state index contributed by atoms with van der Waals surface area (Å²) in [6.07, 6.45) is 5.12. The summed E-state index contributed by atoms with van der Waals surface area (Å²) in [7, 11) is 0. The van der Waals surface area contributed by atoms with Gasteiger partial charge in [0.05, 0.1) is 37.1 Å². The van der Waals surface area contributed by atoms with Gasteiger partial charge in [0, 0.05) is 18.4 Å². The first-order chi connectivity index (χ1) is 16.6. The van der Waals surface area contributed by atoms with E-state index in [1.165, 1.54) is 11.1 Å². The Hall–Kier alpha value is -2.65. The van der Waals surface area contributed by atoms with E-state index in [-0.39, 0.29) is 43.0 Å². The van der Waals surface area contributed by atoms with Crippen LogP contribution < -0.4 is 5.32 Å². The lowest BCUT2D eigenvalue weighted by Crippen LogP contribution is -2.57. The fourth-order valence-corrected chi connectivity index (χ4v) is 4.80. The molecule has 0 spiro atoms. The summed E-state index contributed by atoms with van der Waals surface area (Å²) in [5.41, 5.74) is 3.48. The number of aliphatic hydroxyl groups excluding tert-OH is 1. The summed E-state index contributed by atoms with van der Waals surface area (Å²) in [4.78, 5) is 12.1. The molecule has 5 nitrogen and oxygen atoms in total. The smallest absolute Gasteiger partial charge is 0.220 e. The van der Waals surface area contributed by atoms with Crippen LogP contribution in [0.25, 0.3) is 0 Å². The van der Waals surface area contributed by atoms with Gasteiger partial charge in [0.25, 0.3) is 0 Å². The summed E-state index contributed by atoms with van der Waals surface area (Å²) in [5, 5.41) is 12.6. The van der Waals surface area contributed by atoms with Crippen LogP contribution in [0.15, 0.2) is 54.6 Å². The number of hydrogen-bond acceptors (Lipinski definition) is 4. The summed E-state index contributed by atoms with van der Waals surface area (Å²) in [6.45, 7) is 1.89. The third-order valence-electron chi connectivity index (χ3n) is 6.75. The standard InChI is InChI=1S/C29H35NO4/c1-2-29(32)30-25-19-28-27(18-16-24(20-31)33-28)34-26(25)17-15-23-13-11-22(12-14-23)10-6-9-21-7-4-3-5-8-21/h3-5,7-8,11-14,24-28,31H,2,9,15-20H2,1H3,(H,30,32)/t24-,25+,26-,27+,28+/m1/s1. The Balaban J connectivity index is 1.33. The van der Waals surface area contributed by atoms with Crippen molar-refractivity contribution in [1.29, 1.82) is 0 Å². The van der Waals surface area contributed by atoms with Crippen molar-refractivity contribution < 1.29 is 19.4 Å². The number of carbonyl (C=O) groups is 1. The molecule has 0 saturated carbocycles. The Morgan fingerprint density at radius 1 is 1.03 bits per heavy atom. The van der Waals surface area contributed by atoms with Gasteiger partial charge in [-0.15, -0.1) is 0 Å². The van der Waals surface area contributed by atoms with Gasteiger partial charge in [-0.25, -0.2) is 0 Å². The number of nitrogens with one attached hydrogen (secondary N) is 1. The Morgan fingerprint density at radius 3 is 2.56 bits per heavy atom. The lowest BCUT2D eigenvalue weighted by Gasteiger charge is -2.45. The van der Waals surface area contributed by atoms with Crippen LogP contribution in [-0.4, -0.2) is 48.1 Å². The molecule has 2 N–H and O–H groups in total. The number of rotatable bonds is 7. The van der Waals surface area contributed by atoms with Crippen LogP contribution >= 0.6 is 0 Å². The Morgan fingerprint density at radius 2 is 1.82 bits per heavy atom. The maximum Gasteiger partial charge on any atom is 0.220 e. The fourth-order valence-electron chi connectivity index (χ4n) is 4.80. The maximum absolute atomic E-state index is 12.1. The molecule has 34 heavy (non-hydrogen) atoms. The average Bonchev–Trinajstić information content (AvgIpc) is 2.88. The molecule has 2 aliphatic heterocycles. The van der Waals surface area contributed by atoms with Crippen molar-refractivity contribution in [1.82, 2.24) is 5.32 Å². The van der Waals surface area contributed by atoms with Crippen molar-refractivity contribution in [3.05, 3.63) is 71.3 Å². The number of aryl methyl sites for hydroxylation is 1.